The first-order valence-corrected chi connectivity index (χ1v) is 10.4. The predicted octanol–water partition coefficient (Wildman–Crippen LogP) is 4.06. The monoisotopic (exact) mass is 382 g/mol. The van der Waals surface area contributed by atoms with Crippen LogP contribution in [0.25, 0.3) is 0 Å². The normalized spacial score (nSPS) is 26.6. The third-order valence-corrected chi connectivity index (χ3v) is 6.90. The third kappa shape index (κ3) is 3.99. The van der Waals surface area contributed by atoms with E-state index in [0.29, 0.717) is 12.0 Å². The second-order valence-electron chi connectivity index (χ2n) is 7.42. The van der Waals surface area contributed by atoms with Gasteiger partial charge in [-0.1, -0.05) is 11.8 Å². The Bertz CT molecular complexity index is 781. The van der Waals surface area contributed by atoms with E-state index in [1.54, 1.807) is 18.9 Å². The van der Waals surface area contributed by atoms with Gasteiger partial charge in [0.2, 0.25) is 0 Å². The minimum atomic E-state index is 0.0431. The second-order valence-corrected chi connectivity index (χ2v) is 8.56. The van der Waals surface area contributed by atoms with E-state index in [1.165, 1.54) is 25.9 Å². The molecule has 3 aliphatic rings. The highest BCUT2D eigenvalue weighted by Crippen LogP contribution is 2.32. The number of benzene rings is 2. The van der Waals surface area contributed by atoms with E-state index in [-0.39, 0.29) is 11.9 Å². The molecule has 0 saturated carbocycles. The van der Waals surface area contributed by atoms with Crippen LogP contribution in [0.15, 0.2) is 58.3 Å². The lowest BCUT2D eigenvalue weighted by atomic mass is 9.79. The van der Waals surface area contributed by atoms with Gasteiger partial charge in [0.05, 0.1) is 7.11 Å². The quantitative estimate of drug-likeness (QED) is 0.847. The number of ether oxygens (including phenoxy) is 1. The largest absolute Gasteiger partial charge is 0.497 e. The van der Waals surface area contributed by atoms with Crippen LogP contribution in [0.3, 0.4) is 0 Å². The van der Waals surface area contributed by atoms with E-state index in [4.69, 9.17) is 4.74 Å². The number of piperidine rings is 3. The predicted molar refractivity (Wildman–Crippen MR) is 109 cm³/mol. The number of amides is 1. The fourth-order valence-corrected chi connectivity index (χ4v) is 5.05. The highest BCUT2D eigenvalue weighted by Gasteiger charge is 2.40. The van der Waals surface area contributed by atoms with E-state index in [2.05, 4.69) is 17.1 Å². The molecule has 4 nitrogen and oxygen atoms in total. The van der Waals surface area contributed by atoms with Crippen molar-refractivity contribution in [1.29, 1.82) is 0 Å². The molecule has 0 radical (unpaired) electrons. The Kier molecular flexibility index (Phi) is 5.41. The maximum absolute atomic E-state index is 12.7. The van der Waals surface area contributed by atoms with Crippen LogP contribution in [0.5, 0.6) is 5.75 Å². The standard InChI is InChI=1S/C22H26N2O2S/c1-15-21(16-11-13-24(15)14-12-16)23-22(25)17-3-7-19(8-4-17)27-20-9-5-18(26-2)6-10-20/h3-10,15-16,21H,11-14H2,1-2H3,(H,23,25). The summed E-state index contributed by atoms with van der Waals surface area (Å²) in [6.07, 6.45) is 2.40. The van der Waals surface area contributed by atoms with Crippen LogP contribution in [0.4, 0.5) is 0 Å². The number of nitrogens with zero attached hydrogens (tertiary/aromatic N) is 1. The number of rotatable bonds is 5. The lowest BCUT2D eigenvalue weighted by molar-refractivity contribution is 0.0217. The van der Waals surface area contributed by atoms with Crippen molar-refractivity contribution in [3.8, 4) is 5.75 Å². The zero-order chi connectivity index (χ0) is 18.8. The summed E-state index contributed by atoms with van der Waals surface area (Å²) in [6, 6.07) is 16.6. The smallest absolute Gasteiger partial charge is 0.251 e. The summed E-state index contributed by atoms with van der Waals surface area (Å²) in [7, 11) is 1.67. The average molecular weight is 383 g/mol. The molecule has 2 aromatic carbocycles. The van der Waals surface area contributed by atoms with Crippen molar-refractivity contribution in [2.24, 2.45) is 5.92 Å². The Balaban J connectivity index is 1.38. The van der Waals surface area contributed by atoms with Crippen LogP contribution in [-0.2, 0) is 0 Å². The molecule has 2 unspecified atom stereocenters. The molecule has 3 fully saturated rings. The van der Waals surface area contributed by atoms with Crippen molar-refractivity contribution in [2.75, 3.05) is 20.2 Å². The van der Waals surface area contributed by atoms with Gasteiger partial charge in [-0.15, -0.1) is 0 Å². The topological polar surface area (TPSA) is 41.6 Å². The van der Waals surface area contributed by atoms with Gasteiger partial charge in [0, 0.05) is 27.4 Å². The highest BCUT2D eigenvalue weighted by atomic mass is 32.2. The molecule has 3 saturated heterocycles. The molecule has 0 spiro atoms. The summed E-state index contributed by atoms with van der Waals surface area (Å²) < 4.78 is 5.19. The number of hydrogen-bond acceptors (Lipinski definition) is 4. The fourth-order valence-electron chi connectivity index (χ4n) is 4.23. The second kappa shape index (κ2) is 7.95. The van der Waals surface area contributed by atoms with Crippen LogP contribution in [-0.4, -0.2) is 43.1 Å². The van der Waals surface area contributed by atoms with Gasteiger partial charge in [-0.05, 0) is 87.3 Å². The Morgan fingerprint density at radius 3 is 2.19 bits per heavy atom. The minimum Gasteiger partial charge on any atom is -0.497 e. The first-order chi connectivity index (χ1) is 13.1. The molecule has 5 rings (SSSR count). The Morgan fingerprint density at radius 2 is 1.63 bits per heavy atom. The summed E-state index contributed by atoms with van der Waals surface area (Å²) in [5, 5.41) is 3.30. The number of hydrogen-bond donors (Lipinski definition) is 1. The number of carbonyl (C=O) groups is 1. The molecule has 0 aliphatic carbocycles. The first kappa shape index (κ1) is 18.4. The van der Waals surface area contributed by atoms with E-state index < -0.39 is 0 Å². The van der Waals surface area contributed by atoms with E-state index in [9.17, 15) is 4.79 Å². The van der Waals surface area contributed by atoms with Crippen molar-refractivity contribution in [3.63, 3.8) is 0 Å². The van der Waals surface area contributed by atoms with Gasteiger partial charge in [-0.3, -0.25) is 9.69 Å². The van der Waals surface area contributed by atoms with Crippen molar-refractivity contribution in [1.82, 2.24) is 10.2 Å². The van der Waals surface area contributed by atoms with Crippen LogP contribution in [0, 0.1) is 5.92 Å². The molecular weight excluding hydrogens is 356 g/mol. The summed E-state index contributed by atoms with van der Waals surface area (Å²) in [4.78, 5) is 17.5. The van der Waals surface area contributed by atoms with Crippen molar-refractivity contribution in [2.45, 2.75) is 41.6 Å². The molecule has 1 amide bonds. The van der Waals surface area contributed by atoms with Gasteiger partial charge in [-0.2, -0.15) is 0 Å². The SMILES string of the molecule is COc1ccc(Sc2ccc(C(=O)NC3C4CCN(CC4)C3C)cc2)cc1. The molecule has 142 valence electrons. The summed E-state index contributed by atoms with van der Waals surface area (Å²) in [5.74, 6) is 1.52. The molecule has 27 heavy (non-hydrogen) atoms. The van der Waals surface area contributed by atoms with Crippen molar-refractivity contribution in [3.05, 3.63) is 54.1 Å². The van der Waals surface area contributed by atoms with Crippen LogP contribution >= 0.6 is 11.8 Å². The van der Waals surface area contributed by atoms with Gasteiger partial charge in [0.25, 0.3) is 5.91 Å². The lowest BCUT2D eigenvalue weighted by Crippen LogP contribution is -2.62. The molecule has 5 heteroatoms. The van der Waals surface area contributed by atoms with E-state index in [1.807, 2.05) is 48.5 Å². The Hall–Kier alpha value is -1.98. The van der Waals surface area contributed by atoms with Gasteiger partial charge in [-0.25, -0.2) is 0 Å². The fraction of sp³-hybridized carbons (Fsp3) is 0.409. The third-order valence-electron chi connectivity index (χ3n) is 5.89. The maximum Gasteiger partial charge on any atom is 0.251 e. The van der Waals surface area contributed by atoms with Crippen LogP contribution < -0.4 is 10.1 Å². The number of methoxy groups -OCH3 is 1. The highest BCUT2D eigenvalue weighted by molar-refractivity contribution is 7.99. The molecule has 0 aromatic heterocycles. The average Bonchev–Trinajstić information content (AvgIpc) is 2.72. The summed E-state index contributed by atoms with van der Waals surface area (Å²) >= 11 is 1.68. The van der Waals surface area contributed by atoms with Gasteiger partial charge in [0.1, 0.15) is 5.75 Å². The summed E-state index contributed by atoms with van der Waals surface area (Å²) in [6.45, 7) is 4.59. The zero-order valence-corrected chi connectivity index (χ0v) is 16.7. The van der Waals surface area contributed by atoms with Crippen molar-refractivity contribution >= 4 is 17.7 Å². The van der Waals surface area contributed by atoms with Crippen LogP contribution in [0.2, 0.25) is 0 Å². The minimum absolute atomic E-state index is 0.0431. The Morgan fingerprint density at radius 1 is 1.04 bits per heavy atom. The molecular formula is C22H26N2O2S. The van der Waals surface area contributed by atoms with Gasteiger partial charge in [0.15, 0.2) is 0 Å². The molecule has 2 atom stereocenters. The van der Waals surface area contributed by atoms with Gasteiger partial charge >= 0.3 is 0 Å². The maximum atomic E-state index is 12.7. The molecule has 1 N–H and O–H groups in total. The molecule has 3 heterocycles. The van der Waals surface area contributed by atoms with Gasteiger partial charge < -0.3 is 10.1 Å². The molecule has 2 aromatic rings. The van der Waals surface area contributed by atoms with Crippen molar-refractivity contribution < 1.29 is 9.53 Å². The number of carbonyl (C=O) groups excluding carboxylic acids is 1. The Labute approximate surface area is 165 Å². The number of fused-ring (bicyclic) bond motifs is 3. The van der Waals surface area contributed by atoms with Crippen LogP contribution in [0.1, 0.15) is 30.1 Å². The zero-order valence-electron chi connectivity index (χ0n) is 15.9. The first-order valence-electron chi connectivity index (χ1n) is 9.61. The summed E-state index contributed by atoms with van der Waals surface area (Å²) in [5.41, 5.74) is 0.734. The van der Waals surface area contributed by atoms with E-state index in [0.717, 1.165) is 21.1 Å². The lowest BCUT2D eigenvalue weighted by Gasteiger charge is -2.49. The number of nitrogens with one attached hydrogen (secondary N) is 1. The van der Waals surface area contributed by atoms with E-state index >= 15 is 0 Å². The molecule has 3 aliphatic heterocycles. The molecule has 2 bridgehead atoms.